The molecule has 2 N–H and O–H groups in total. The summed E-state index contributed by atoms with van der Waals surface area (Å²) in [4.78, 5) is 39.4. The summed E-state index contributed by atoms with van der Waals surface area (Å²) in [6.07, 6.45) is 0.715. The van der Waals surface area contributed by atoms with E-state index in [1.54, 1.807) is 49.6 Å². The fraction of sp³-hybridized carbons (Fsp3) is 0.316. The quantitative estimate of drug-likeness (QED) is 0.710. The van der Waals surface area contributed by atoms with Crippen molar-refractivity contribution in [2.24, 2.45) is 0 Å². The predicted octanol–water partition coefficient (Wildman–Crippen LogP) is 1.88. The van der Waals surface area contributed by atoms with Gasteiger partial charge >= 0.3 is 6.03 Å². The van der Waals surface area contributed by atoms with Gasteiger partial charge in [-0.05, 0) is 42.5 Å². The van der Waals surface area contributed by atoms with Gasteiger partial charge in [0.05, 0.1) is 7.11 Å². The highest BCUT2D eigenvalue weighted by Crippen LogP contribution is 2.29. The smallest absolute Gasteiger partial charge is 0.325 e. The number of nitrogens with one attached hydrogen (secondary N) is 2. The van der Waals surface area contributed by atoms with Gasteiger partial charge in [-0.2, -0.15) is 0 Å². The summed E-state index contributed by atoms with van der Waals surface area (Å²) in [5, 5.41) is 7.41. The monoisotopic (exact) mass is 387 g/mol. The minimum atomic E-state index is -1.21. The van der Waals surface area contributed by atoms with Crippen molar-refractivity contribution in [3.05, 3.63) is 52.2 Å². The molecule has 7 nitrogen and oxygen atoms in total. The summed E-state index contributed by atoms with van der Waals surface area (Å²) in [7, 11) is 1.55. The lowest BCUT2D eigenvalue weighted by molar-refractivity contribution is -0.134. The summed E-state index contributed by atoms with van der Waals surface area (Å²) in [5.74, 6) is -0.166. The number of nitrogens with zero attached hydrogens (tertiary/aromatic N) is 1. The summed E-state index contributed by atoms with van der Waals surface area (Å²) in [6, 6.07) is 10.3. The Balaban J connectivity index is 1.61. The second-order valence-electron chi connectivity index (χ2n) is 6.35. The van der Waals surface area contributed by atoms with Gasteiger partial charge in [-0.1, -0.05) is 18.2 Å². The van der Waals surface area contributed by atoms with Gasteiger partial charge in [-0.3, -0.25) is 14.5 Å². The Morgan fingerprint density at radius 2 is 2.00 bits per heavy atom. The maximum Gasteiger partial charge on any atom is 0.325 e. The third kappa shape index (κ3) is 3.95. The maximum absolute atomic E-state index is 12.8. The van der Waals surface area contributed by atoms with Crippen LogP contribution >= 0.6 is 11.3 Å². The SMILES string of the molecule is COc1ccc([C@@]2(C)NC(=O)N(CC(=O)NCCc3cccs3)C2=O)cc1. The molecule has 1 saturated heterocycles. The van der Waals surface area contributed by atoms with Crippen molar-refractivity contribution >= 4 is 29.2 Å². The number of methoxy groups -OCH3 is 1. The van der Waals surface area contributed by atoms with Gasteiger partial charge in [0.15, 0.2) is 0 Å². The summed E-state index contributed by atoms with van der Waals surface area (Å²) in [6.45, 7) is 1.78. The van der Waals surface area contributed by atoms with Crippen LogP contribution in [0.3, 0.4) is 0 Å². The first-order valence-corrected chi connectivity index (χ1v) is 9.40. The lowest BCUT2D eigenvalue weighted by Crippen LogP contribution is -2.43. The van der Waals surface area contributed by atoms with E-state index in [0.29, 0.717) is 24.3 Å². The minimum absolute atomic E-state index is 0.305. The molecule has 1 atom stereocenters. The topological polar surface area (TPSA) is 87.7 Å². The molecule has 0 spiro atoms. The Morgan fingerprint density at radius 1 is 1.26 bits per heavy atom. The van der Waals surface area contributed by atoms with Crippen molar-refractivity contribution < 1.29 is 19.1 Å². The van der Waals surface area contributed by atoms with E-state index in [1.807, 2.05) is 17.5 Å². The average molecular weight is 387 g/mol. The van der Waals surface area contributed by atoms with Crippen molar-refractivity contribution in [3.8, 4) is 5.75 Å². The number of amides is 4. The average Bonchev–Trinajstić information content (AvgIpc) is 3.25. The molecule has 142 valence electrons. The zero-order valence-electron chi connectivity index (χ0n) is 15.2. The number of rotatable bonds is 7. The second kappa shape index (κ2) is 7.79. The molecule has 1 aromatic heterocycles. The Morgan fingerprint density at radius 3 is 2.63 bits per heavy atom. The third-order valence-corrected chi connectivity index (χ3v) is 5.45. The van der Waals surface area contributed by atoms with E-state index in [1.165, 1.54) is 0 Å². The fourth-order valence-electron chi connectivity index (χ4n) is 2.94. The van der Waals surface area contributed by atoms with Crippen LogP contribution in [-0.2, 0) is 21.5 Å². The normalized spacial score (nSPS) is 19.1. The first-order chi connectivity index (χ1) is 12.9. The van der Waals surface area contributed by atoms with E-state index in [9.17, 15) is 14.4 Å². The van der Waals surface area contributed by atoms with E-state index in [2.05, 4.69) is 10.6 Å². The van der Waals surface area contributed by atoms with Gasteiger partial charge in [0.1, 0.15) is 17.8 Å². The Labute approximate surface area is 161 Å². The predicted molar refractivity (Wildman–Crippen MR) is 102 cm³/mol. The Hall–Kier alpha value is -2.87. The Bertz CT molecular complexity index is 835. The molecule has 2 heterocycles. The van der Waals surface area contributed by atoms with Crippen LogP contribution in [0.4, 0.5) is 4.79 Å². The molecule has 0 unspecified atom stereocenters. The summed E-state index contributed by atoms with van der Waals surface area (Å²) in [5.41, 5.74) is -0.581. The van der Waals surface area contributed by atoms with Crippen LogP contribution in [0.15, 0.2) is 41.8 Å². The van der Waals surface area contributed by atoms with Crippen LogP contribution < -0.4 is 15.4 Å². The molecule has 0 radical (unpaired) electrons. The first-order valence-electron chi connectivity index (χ1n) is 8.52. The van der Waals surface area contributed by atoms with Crippen LogP contribution in [0, 0.1) is 0 Å². The summed E-state index contributed by atoms with van der Waals surface area (Å²) >= 11 is 1.62. The van der Waals surface area contributed by atoms with E-state index in [-0.39, 0.29) is 12.5 Å². The van der Waals surface area contributed by atoms with Crippen LogP contribution in [-0.4, -0.2) is 42.9 Å². The van der Waals surface area contributed by atoms with Crippen molar-refractivity contribution in [2.45, 2.75) is 18.9 Å². The largest absolute Gasteiger partial charge is 0.497 e. The number of ether oxygens (including phenoxy) is 1. The lowest BCUT2D eigenvalue weighted by Gasteiger charge is -2.22. The van der Waals surface area contributed by atoms with Gasteiger partial charge in [0.25, 0.3) is 5.91 Å². The van der Waals surface area contributed by atoms with E-state index in [4.69, 9.17) is 4.74 Å². The number of hydrogen-bond donors (Lipinski definition) is 2. The number of benzene rings is 1. The molecular weight excluding hydrogens is 366 g/mol. The number of imide groups is 1. The Kier molecular flexibility index (Phi) is 5.46. The first kappa shape index (κ1) is 18.9. The van der Waals surface area contributed by atoms with Crippen molar-refractivity contribution in [1.29, 1.82) is 0 Å². The van der Waals surface area contributed by atoms with Crippen LogP contribution in [0.1, 0.15) is 17.4 Å². The number of carbonyl (C=O) groups excluding carboxylic acids is 3. The molecule has 1 fully saturated rings. The molecule has 2 aromatic rings. The van der Waals surface area contributed by atoms with Gasteiger partial charge in [0.2, 0.25) is 5.91 Å². The standard InChI is InChI=1S/C19H21N3O4S/c1-19(13-5-7-14(26-2)8-6-13)17(24)22(18(25)21-19)12-16(23)20-10-9-15-4-3-11-27-15/h3-8,11H,9-10,12H2,1-2H3,(H,20,23)(H,21,25)/t19-/m1/s1. The van der Waals surface area contributed by atoms with E-state index >= 15 is 0 Å². The molecule has 3 rings (SSSR count). The molecule has 8 heteroatoms. The van der Waals surface area contributed by atoms with Crippen LogP contribution in [0.25, 0.3) is 0 Å². The molecule has 4 amide bonds. The highest BCUT2D eigenvalue weighted by Gasteiger charge is 2.49. The van der Waals surface area contributed by atoms with Gasteiger partial charge < -0.3 is 15.4 Å². The van der Waals surface area contributed by atoms with Gasteiger partial charge in [-0.25, -0.2) is 4.79 Å². The van der Waals surface area contributed by atoms with Gasteiger partial charge in [0, 0.05) is 11.4 Å². The third-order valence-electron chi connectivity index (χ3n) is 4.52. The second-order valence-corrected chi connectivity index (χ2v) is 7.39. The number of thiophene rings is 1. The molecule has 0 aliphatic carbocycles. The van der Waals surface area contributed by atoms with Crippen molar-refractivity contribution in [3.63, 3.8) is 0 Å². The molecule has 27 heavy (non-hydrogen) atoms. The highest BCUT2D eigenvalue weighted by molar-refractivity contribution is 7.09. The molecule has 1 aliphatic heterocycles. The van der Waals surface area contributed by atoms with Crippen molar-refractivity contribution in [2.75, 3.05) is 20.2 Å². The number of hydrogen-bond acceptors (Lipinski definition) is 5. The summed E-state index contributed by atoms with van der Waals surface area (Å²) < 4.78 is 5.12. The van der Waals surface area contributed by atoms with E-state index in [0.717, 1.165) is 9.78 Å². The van der Waals surface area contributed by atoms with Gasteiger partial charge in [-0.15, -0.1) is 11.3 Å². The molecule has 0 bridgehead atoms. The number of urea groups is 1. The van der Waals surface area contributed by atoms with Crippen molar-refractivity contribution in [1.82, 2.24) is 15.5 Å². The lowest BCUT2D eigenvalue weighted by atomic mass is 9.92. The molecular formula is C19H21N3O4S. The number of carbonyl (C=O) groups is 3. The molecule has 1 aliphatic rings. The molecule has 0 saturated carbocycles. The zero-order valence-corrected chi connectivity index (χ0v) is 16.0. The van der Waals surface area contributed by atoms with Crippen LogP contribution in [0.2, 0.25) is 0 Å². The maximum atomic E-state index is 12.8. The highest BCUT2D eigenvalue weighted by atomic mass is 32.1. The van der Waals surface area contributed by atoms with E-state index < -0.39 is 17.5 Å². The fourth-order valence-corrected chi connectivity index (χ4v) is 3.65. The van der Waals surface area contributed by atoms with Crippen LogP contribution in [0.5, 0.6) is 5.75 Å². The minimum Gasteiger partial charge on any atom is -0.497 e. The zero-order chi connectivity index (χ0) is 19.4. The molecule has 1 aromatic carbocycles.